The fourth-order valence-corrected chi connectivity index (χ4v) is 3.70. The fraction of sp³-hybridized carbons (Fsp3) is 0.542. The molecule has 0 saturated carbocycles. The van der Waals surface area contributed by atoms with E-state index < -0.39 is 11.7 Å². The second-order valence-corrected chi connectivity index (χ2v) is 9.17. The second-order valence-electron chi connectivity index (χ2n) is 9.17. The van der Waals surface area contributed by atoms with E-state index in [2.05, 4.69) is 20.5 Å². The number of methoxy groups -OCH3 is 1. The molecular formula is C24H34N4O5. The molecule has 2 heterocycles. The molecule has 1 aliphatic rings. The highest BCUT2D eigenvalue weighted by Crippen LogP contribution is 2.23. The fourth-order valence-electron chi connectivity index (χ4n) is 3.70. The maximum Gasteiger partial charge on any atom is 0.407 e. The first-order valence-corrected chi connectivity index (χ1v) is 11.3. The molecule has 1 fully saturated rings. The molecule has 2 N–H and O–H groups in total. The highest BCUT2D eigenvalue weighted by Gasteiger charge is 2.26. The number of hydrogen-bond acceptors (Lipinski definition) is 7. The SMILES string of the molecule is COc1ccc(-c2nc(CN3CCCC(C(=O)NCCNC(=O)OC(C)(C)C)C3)co2)cc1. The molecule has 1 saturated heterocycles. The van der Waals surface area contributed by atoms with E-state index in [4.69, 9.17) is 13.9 Å². The smallest absolute Gasteiger partial charge is 0.407 e. The van der Waals surface area contributed by atoms with E-state index in [1.807, 2.05) is 45.0 Å². The normalized spacial score (nSPS) is 16.8. The number of hydrogen-bond donors (Lipinski definition) is 2. The van der Waals surface area contributed by atoms with Gasteiger partial charge in [0.05, 0.1) is 18.7 Å². The molecule has 2 aromatic rings. The Morgan fingerprint density at radius 2 is 1.91 bits per heavy atom. The molecule has 9 heteroatoms. The van der Waals surface area contributed by atoms with Gasteiger partial charge >= 0.3 is 6.09 Å². The van der Waals surface area contributed by atoms with Gasteiger partial charge in [-0.15, -0.1) is 0 Å². The van der Waals surface area contributed by atoms with Gasteiger partial charge in [0.15, 0.2) is 0 Å². The summed E-state index contributed by atoms with van der Waals surface area (Å²) < 4.78 is 16.0. The van der Waals surface area contributed by atoms with Crippen LogP contribution in [0.1, 0.15) is 39.3 Å². The average Bonchev–Trinajstić information content (AvgIpc) is 3.24. The minimum absolute atomic E-state index is 0.00441. The summed E-state index contributed by atoms with van der Waals surface area (Å²) in [6, 6.07) is 7.56. The van der Waals surface area contributed by atoms with Crippen LogP contribution in [0, 0.1) is 5.92 Å². The Bertz CT molecular complexity index is 920. The Hall–Kier alpha value is -3.07. The molecule has 1 aromatic heterocycles. The number of rotatable bonds is 8. The largest absolute Gasteiger partial charge is 0.497 e. The first kappa shape index (κ1) is 24.6. The second kappa shape index (κ2) is 11.2. The first-order chi connectivity index (χ1) is 15.7. The van der Waals surface area contributed by atoms with Gasteiger partial charge in [-0.25, -0.2) is 9.78 Å². The maximum atomic E-state index is 12.6. The predicted octanol–water partition coefficient (Wildman–Crippen LogP) is 3.20. The third-order valence-electron chi connectivity index (χ3n) is 5.24. The molecule has 2 amide bonds. The summed E-state index contributed by atoms with van der Waals surface area (Å²) >= 11 is 0. The zero-order valence-corrected chi connectivity index (χ0v) is 19.8. The number of piperidine rings is 1. The lowest BCUT2D eigenvalue weighted by atomic mass is 9.97. The third kappa shape index (κ3) is 7.78. The van der Waals surface area contributed by atoms with Crippen molar-refractivity contribution >= 4 is 12.0 Å². The number of amides is 2. The molecule has 0 aliphatic carbocycles. The van der Waals surface area contributed by atoms with Crippen LogP contribution in [-0.4, -0.2) is 60.8 Å². The van der Waals surface area contributed by atoms with Crippen molar-refractivity contribution in [2.24, 2.45) is 5.92 Å². The molecule has 33 heavy (non-hydrogen) atoms. The lowest BCUT2D eigenvalue weighted by Crippen LogP contribution is -2.44. The summed E-state index contributed by atoms with van der Waals surface area (Å²) in [6.45, 7) is 8.31. The number of nitrogens with zero attached hydrogens (tertiary/aromatic N) is 2. The van der Waals surface area contributed by atoms with Gasteiger partial charge in [0, 0.05) is 31.7 Å². The minimum Gasteiger partial charge on any atom is -0.497 e. The van der Waals surface area contributed by atoms with E-state index in [9.17, 15) is 9.59 Å². The molecule has 180 valence electrons. The van der Waals surface area contributed by atoms with E-state index in [-0.39, 0.29) is 11.8 Å². The van der Waals surface area contributed by atoms with Gasteiger partial charge < -0.3 is 24.5 Å². The van der Waals surface area contributed by atoms with Gasteiger partial charge in [0.25, 0.3) is 0 Å². The Labute approximate surface area is 194 Å². The van der Waals surface area contributed by atoms with E-state index in [1.54, 1.807) is 13.4 Å². The number of likely N-dealkylation sites (tertiary alicyclic amines) is 1. The van der Waals surface area contributed by atoms with E-state index in [1.165, 1.54) is 0 Å². The number of ether oxygens (including phenoxy) is 2. The zero-order valence-electron chi connectivity index (χ0n) is 19.8. The summed E-state index contributed by atoms with van der Waals surface area (Å²) in [7, 11) is 1.63. The number of benzene rings is 1. The quantitative estimate of drug-likeness (QED) is 0.585. The molecule has 1 aromatic carbocycles. The molecule has 1 aliphatic heterocycles. The first-order valence-electron chi connectivity index (χ1n) is 11.3. The van der Waals surface area contributed by atoms with Gasteiger partial charge in [-0.1, -0.05) is 0 Å². The van der Waals surface area contributed by atoms with Crippen LogP contribution < -0.4 is 15.4 Å². The van der Waals surface area contributed by atoms with Crippen molar-refractivity contribution in [3.8, 4) is 17.2 Å². The van der Waals surface area contributed by atoms with Gasteiger partial charge in [0.2, 0.25) is 11.8 Å². The topological polar surface area (TPSA) is 106 Å². The van der Waals surface area contributed by atoms with Crippen molar-refractivity contribution in [1.82, 2.24) is 20.5 Å². The van der Waals surface area contributed by atoms with Gasteiger partial charge in [-0.2, -0.15) is 0 Å². The number of carbonyl (C=O) groups excluding carboxylic acids is 2. The van der Waals surface area contributed by atoms with Crippen molar-refractivity contribution in [1.29, 1.82) is 0 Å². The predicted molar refractivity (Wildman–Crippen MR) is 124 cm³/mol. The third-order valence-corrected chi connectivity index (χ3v) is 5.24. The molecule has 1 unspecified atom stereocenters. The maximum absolute atomic E-state index is 12.6. The number of nitrogens with one attached hydrogen (secondary N) is 2. The van der Waals surface area contributed by atoms with Crippen LogP contribution in [-0.2, 0) is 16.1 Å². The van der Waals surface area contributed by atoms with E-state index in [0.29, 0.717) is 32.1 Å². The van der Waals surface area contributed by atoms with Crippen molar-refractivity contribution in [3.05, 3.63) is 36.2 Å². The van der Waals surface area contributed by atoms with Crippen LogP contribution in [0.25, 0.3) is 11.5 Å². The van der Waals surface area contributed by atoms with Crippen LogP contribution >= 0.6 is 0 Å². The van der Waals surface area contributed by atoms with Gasteiger partial charge in [-0.3, -0.25) is 9.69 Å². The lowest BCUT2D eigenvalue weighted by molar-refractivity contribution is -0.126. The van der Waals surface area contributed by atoms with Crippen LogP contribution in [0.3, 0.4) is 0 Å². The summed E-state index contributed by atoms with van der Waals surface area (Å²) in [5.74, 6) is 1.26. The van der Waals surface area contributed by atoms with Crippen molar-refractivity contribution in [3.63, 3.8) is 0 Å². The zero-order chi connectivity index (χ0) is 23.8. The molecule has 0 spiro atoms. The van der Waals surface area contributed by atoms with Gasteiger partial charge in [0.1, 0.15) is 17.6 Å². The van der Waals surface area contributed by atoms with Crippen LogP contribution in [0.4, 0.5) is 4.79 Å². The lowest BCUT2D eigenvalue weighted by Gasteiger charge is -2.31. The average molecular weight is 459 g/mol. The summed E-state index contributed by atoms with van der Waals surface area (Å²) in [6.07, 6.45) is 2.98. The Morgan fingerprint density at radius 3 is 2.61 bits per heavy atom. The summed E-state index contributed by atoms with van der Waals surface area (Å²) in [5, 5.41) is 5.56. The highest BCUT2D eigenvalue weighted by atomic mass is 16.6. The molecule has 3 rings (SSSR count). The number of oxazole rings is 1. The van der Waals surface area contributed by atoms with Crippen LogP contribution in [0.5, 0.6) is 5.75 Å². The standard InChI is InChI=1S/C24H34N4O5/c1-24(2,3)33-23(30)26-12-11-25-21(29)18-6-5-13-28(14-18)15-19-16-32-22(27-19)17-7-9-20(31-4)10-8-17/h7-10,16,18H,5-6,11-15H2,1-4H3,(H,25,29)(H,26,30). The molecule has 9 nitrogen and oxygen atoms in total. The Balaban J connectivity index is 1.43. The Morgan fingerprint density at radius 1 is 1.18 bits per heavy atom. The minimum atomic E-state index is -0.544. The molecular weight excluding hydrogens is 424 g/mol. The van der Waals surface area contributed by atoms with Crippen LogP contribution in [0.15, 0.2) is 34.9 Å². The number of aromatic nitrogens is 1. The number of alkyl carbamates (subject to hydrolysis) is 1. The number of carbonyl (C=O) groups is 2. The van der Waals surface area contributed by atoms with Crippen molar-refractivity contribution < 1.29 is 23.5 Å². The van der Waals surface area contributed by atoms with Crippen LogP contribution in [0.2, 0.25) is 0 Å². The summed E-state index contributed by atoms with van der Waals surface area (Å²) in [5.41, 5.74) is 1.18. The Kier molecular flexibility index (Phi) is 8.32. The van der Waals surface area contributed by atoms with E-state index in [0.717, 1.165) is 36.4 Å². The molecule has 0 bridgehead atoms. The molecule has 1 atom stereocenters. The molecule has 0 radical (unpaired) electrons. The highest BCUT2D eigenvalue weighted by molar-refractivity contribution is 5.79. The summed E-state index contributed by atoms with van der Waals surface area (Å²) in [4.78, 5) is 31.1. The van der Waals surface area contributed by atoms with E-state index >= 15 is 0 Å². The monoisotopic (exact) mass is 458 g/mol. The van der Waals surface area contributed by atoms with Crippen molar-refractivity contribution in [2.75, 3.05) is 33.3 Å². The van der Waals surface area contributed by atoms with Crippen molar-refractivity contribution in [2.45, 2.75) is 45.8 Å². The van der Waals surface area contributed by atoms with Gasteiger partial charge in [-0.05, 0) is 64.4 Å².